The van der Waals surface area contributed by atoms with Gasteiger partial charge >= 0.3 is 0 Å². The van der Waals surface area contributed by atoms with E-state index in [2.05, 4.69) is 13.8 Å². The monoisotopic (exact) mass is 218 g/mol. The zero-order chi connectivity index (χ0) is 11.5. The fourth-order valence-corrected chi connectivity index (χ4v) is 1.84. The van der Waals surface area contributed by atoms with Gasteiger partial charge in [0, 0.05) is 11.5 Å². The number of hydrogen-bond acceptors (Lipinski definition) is 2. The summed E-state index contributed by atoms with van der Waals surface area (Å²) in [6.07, 6.45) is 2.05. The van der Waals surface area contributed by atoms with Crippen molar-refractivity contribution < 1.29 is 9.53 Å². The van der Waals surface area contributed by atoms with Gasteiger partial charge in [-0.25, -0.2) is 0 Å². The molecule has 0 spiro atoms. The van der Waals surface area contributed by atoms with Gasteiger partial charge in [-0.1, -0.05) is 13.8 Å². The zero-order valence-electron chi connectivity index (χ0n) is 9.90. The standard InChI is InChI=1S/C14H18O2/c1-3-8-16-12-6-4-11(5-7-12)14(15)13-9-10(13)2/h4-7,10,13H,3,8-9H2,1-2H3. The average Bonchev–Trinajstić information content (AvgIpc) is 3.03. The Bertz CT molecular complexity index is 367. The van der Waals surface area contributed by atoms with E-state index in [0.717, 1.165) is 30.8 Å². The van der Waals surface area contributed by atoms with Gasteiger partial charge in [0.1, 0.15) is 5.75 Å². The normalized spacial score (nSPS) is 22.9. The molecule has 2 unspecified atom stereocenters. The number of hydrogen-bond donors (Lipinski definition) is 0. The van der Waals surface area contributed by atoms with Crippen LogP contribution in [0.2, 0.25) is 0 Å². The van der Waals surface area contributed by atoms with Gasteiger partial charge in [0.15, 0.2) is 5.78 Å². The molecule has 1 saturated carbocycles. The molecule has 16 heavy (non-hydrogen) atoms. The predicted molar refractivity (Wildman–Crippen MR) is 63.8 cm³/mol. The van der Waals surface area contributed by atoms with E-state index in [-0.39, 0.29) is 11.7 Å². The van der Waals surface area contributed by atoms with E-state index in [1.54, 1.807) is 0 Å². The Morgan fingerprint density at radius 1 is 1.38 bits per heavy atom. The fraction of sp³-hybridized carbons (Fsp3) is 0.500. The maximum atomic E-state index is 11.9. The van der Waals surface area contributed by atoms with Crippen molar-refractivity contribution in [2.24, 2.45) is 11.8 Å². The number of carbonyl (C=O) groups excluding carboxylic acids is 1. The minimum atomic E-state index is 0.266. The van der Waals surface area contributed by atoms with Crippen LogP contribution in [0.3, 0.4) is 0 Å². The van der Waals surface area contributed by atoms with E-state index in [1.807, 2.05) is 24.3 Å². The molecule has 0 bridgehead atoms. The van der Waals surface area contributed by atoms with Crippen LogP contribution < -0.4 is 4.74 Å². The second-order valence-corrected chi connectivity index (χ2v) is 4.56. The lowest BCUT2D eigenvalue weighted by atomic mass is 10.1. The lowest BCUT2D eigenvalue weighted by Crippen LogP contribution is -2.03. The smallest absolute Gasteiger partial charge is 0.166 e. The Hall–Kier alpha value is -1.31. The van der Waals surface area contributed by atoms with Crippen molar-refractivity contribution >= 4 is 5.78 Å². The second kappa shape index (κ2) is 4.69. The van der Waals surface area contributed by atoms with Crippen molar-refractivity contribution in [3.05, 3.63) is 29.8 Å². The van der Waals surface area contributed by atoms with E-state index in [4.69, 9.17) is 4.74 Å². The highest BCUT2D eigenvalue weighted by molar-refractivity contribution is 5.99. The molecule has 0 saturated heterocycles. The molecule has 1 aliphatic carbocycles. The molecule has 2 heteroatoms. The number of ether oxygens (including phenoxy) is 1. The molecule has 2 atom stereocenters. The Labute approximate surface area is 96.6 Å². The summed E-state index contributed by atoms with van der Waals surface area (Å²) in [6.45, 7) is 4.93. The van der Waals surface area contributed by atoms with Crippen LogP contribution in [0.25, 0.3) is 0 Å². The molecule has 0 aliphatic heterocycles. The van der Waals surface area contributed by atoms with Gasteiger partial charge < -0.3 is 4.74 Å². The molecule has 2 rings (SSSR count). The minimum absolute atomic E-state index is 0.266. The lowest BCUT2D eigenvalue weighted by Gasteiger charge is -2.05. The van der Waals surface area contributed by atoms with Crippen LogP contribution in [0.4, 0.5) is 0 Å². The Kier molecular flexibility index (Phi) is 3.28. The molecule has 86 valence electrons. The SMILES string of the molecule is CCCOc1ccc(C(=O)C2CC2C)cc1. The quantitative estimate of drug-likeness (QED) is 0.709. The molecule has 1 aromatic carbocycles. The van der Waals surface area contributed by atoms with Crippen LogP contribution >= 0.6 is 0 Å². The summed E-state index contributed by atoms with van der Waals surface area (Å²) >= 11 is 0. The van der Waals surface area contributed by atoms with Gasteiger partial charge in [0.25, 0.3) is 0 Å². The first-order valence-electron chi connectivity index (χ1n) is 5.99. The summed E-state index contributed by atoms with van der Waals surface area (Å²) in [7, 11) is 0. The topological polar surface area (TPSA) is 26.3 Å². The van der Waals surface area contributed by atoms with Crippen molar-refractivity contribution in [1.82, 2.24) is 0 Å². The molecule has 1 fully saturated rings. The van der Waals surface area contributed by atoms with Gasteiger partial charge in [-0.05, 0) is 43.0 Å². The molecule has 0 heterocycles. The zero-order valence-corrected chi connectivity index (χ0v) is 9.90. The molecule has 0 radical (unpaired) electrons. The summed E-state index contributed by atoms with van der Waals surface area (Å²) in [4.78, 5) is 11.9. The highest BCUT2D eigenvalue weighted by Gasteiger charge is 2.39. The second-order valence-electron chi connectivity index (χ2n) is 4.56. The van der Waals surface area contributed by atoms with Crippen LogP contribution in [-0.2, 0) is 0 Å². The van der Waals surface area contributed by atoms with Crippen molar-refractivity contribution in [1.29, 1.82) is 0 Å². The third-order valence-corrected chi connectivity index (χ3v) is 3.06. The van der Waals surface area contributed by atoms with Crippen molar-refractivity contribution in [3.63, 3.8) is 0 Å². The molecule has 1 aromatic rings. The lowest BCUT2D eigenvalue weighted by molar-refractivity contribution is 0.0962. The van der Waals surface area contributed by atoms with Gasteiger partial charge in [-0.2, -0.15) is 0 Å². The summed E-state index contributed by atoms with van der Waals surface area (Å²) in [5, 5.41) is 0. The molecular formula is C14H18O2. The maximum absolute atomic E-state index is 11.9. The Morgan fingerprint density at radius 2 is 2.00 bits per heavy atom. The minimum Gasteiger partial charge on any atom is -0.494 e. The van der Waals surface area contributed by atoms with E-state index in [0.29, 0.717) is 5.92 Å². The number of rotatable bonds is 5. The largest absolute Gasteiger partial charge is 0.494 e. The molecule has 0 aromatic heterocycles. The Morgan fingerprint density at radius 3 is 2.50 bits per heavy atom. The van der Waals surface area contributed by atoms with Crippen LogP contribution in [0, 0.1) is 11.8 Å². The average molecular weight is 218 g/mol. The van der Waals surface area contributed by atoms with Crippen molar-refractivity contribution in [2.45, 2.75) is 26.7 Å². The molecule has 0 N–H and O–H groups in total. The number of Topliss-reactive ketones (excluding diaryl/α,β-unsaturated/α-hetero) is 1. The third kappa shape index (κ3) is 2.43. The van der Waals surface area contributed by atoms with E-state index >= 15 is 0 Å². The Balaban J connectivity index is 1.99. The van der Waals surface area contributed by atoms with Crippen LogP contribution in [-0.4, -0.2) is 12.4 Å². The molecular weight excluding hydrogens is 200 g/mol. The first-order valence-corrected chi connectivity index (χ1v) is 5.99. The van der Waals surface area contributed by atoms with E-state index in [1.165, 1.54) is 0 Å². The van der Waals surface area contributed by atoms with Gasteiger partial charge in [-0.3, -0.25) is 4.79 Å². The number of ketones is 1. The third-order valence-electron chi connectivity index (χ3n) is 3.06. The fourth-order valence-electron chi connectivity index (χ4n) is 1.84. The summed E-state index contributed by atoms with van der Waals surface area (Å²) in [6, 6.07) is 7.52. The first-order chi connectivity index (χ1) is 7.72. The van der Waals surface area contributed by atoms with Crippen molar-refractivity contribution in [3.8, 4) is 5.75 Å². The van der Waals surface area contributed by atoms with Gasteiger partial charge in [0.05, 0.1) is 6.61 Å². The van der Waals surface area contributed by atoms with E-state index in [9.17, 15) is 4.79 Å². The molecule has 1 aliphatic rings. The summed E-state index contributed by atoms with van der Waals surface area (Å²) < 4.78 is 5.48. The highest BCUT2D eigenvalue weighted by Crippen LogP contribution is 2.40. The highest BCUT2D eigenvalue weighted by atomic mass is 16.5. The number of carbonyl (C=O) groups is 1. The van der Waals surface area contributed by atoms with E-state index < -0.39 is 0 Å². The van der Waals surface area contributed by atoms with Crippen molar-refractivity contribution in [2.75, 3.05) is 6.61 Å². The van der Waals surface area contributed by atoms with Crippen LogP contribution in [0.5, 0.6) is 5.75 Å². The maximum Gasteiger partial charge on any atom is 0.166 e. The first kappa shape index (κ1) is 11.2. The predicted octanol–water partition coefficient (Wildman–Crippen LogP) is 3.31. The molecule has 2 nitrogen and oxygen atoms in total. The van der Waals surface area contributed by atoms with Crippen LogP contribution in [0.15, 0.2) is 24.3 Å². The summed E-state index contributed by atoms with van der Waals surface area (Å²) in [5.74, 6) is 1.97. The van der Waals surface area contributed by atoms with Gasteiger partial charge in [-0.15, -0.1) is 0 Å². The van der Waals surface area contributed by atoms with Crippen LogP contribution in [0.1, 0.15) is 37.0 Å². The van der Waals surface area contributed by atoms with Gasteiger partial charge in [0.2, 0.25) is 0 Å². The number of benzene rings is 1. The summed E-state index contributed by atoms with van der Waals surface area (Å²) in [5.41, 5.74) is 0.818. The molecule has 0 amide bonds.